The van der Waals surface area contributed by atoms with Crippen molar-refractivity contribution in [3.8, 4) is 0 Å². The molecule has 1 amide bonds. The first-order chi connectivity index (χ1) is 7.70. The lowest BCUT2D eigenvalue weighted by Crippen LogP contribution is -2.35. The van der Waals surface area contributed by atoms with Crippen LogP contribution in [-0.2, 0) is 9.53 Å². The van der Waals surface area contributed by atoms with Crippen LogP contribution in [0.4, 0.5) is 4.79 Å². The molecule has 0 saturated carbocycles. The second-order valence-electron chi connectivity index (χ2n) is 5.56. The highest BCUT2D eigenvalue weighted by Crippen LogP contribution is 2.21. The molecule has 0 unspecified atom stereocenters. The van der Waals surface area contributed by atoms with Gasteiger partial charge in [-0.1, -0.05) is 6.58 Å². The highest BCUT2D eigenvalue weighted by Gasteiger charge is 2.33. The highest BCUT2D eigenvalue weighted by molar-refractivity contribution is 5.96. The summed E-state index contributed by atoms with van der Waals surface area (Å²) in [5.41, 5.74) is 0.0640. The molecular weight excluding hydrogens is 218 g/mol. The van der Waals surface area contributed by atoms with E-state index in [0.717, 1.165) is 0 Å². The van der Waals surface area contributed by atoms with Crippen molar-refractivity contribution >= 4 is 11.9 Å². The Morgan fingerprint density at radius 3 is 2.41 bits per heavy atom. The molecule has 0 aliphatic carbocycles. The Bertz CT molecular complexity index is 341. The van der Waals surface area contributed by atoms with Crippen molar-refractivity contribution in [2.24, 2.45) is 5.92 Å². The number of rotatable bonds is 2. The normalized spacial score (nSPS) is 20.2. The van der Waals surface area contributed by atoms with E-state index in [1.54, 1.807) is 11.8 Å². The Balaban J connectivity index is 2.53. The number of hydrogen-bond donors (Lipinski definition) is 0. The van der Waals surface area contributed by atoms with Gasteiger partial charge in [0.05, 0.1) is 0 Å². The lowest BCUT2D eigenvalue weighted by molar-refractivity contribution is -0.118. The fourth-order valence-electron chi connectivity index (χ4n) is 1.82. The van der Waals surface area contributed by atoms with Crippen LogP contribution >= 0.6 is 0 Å². The summed E-state index contributed by atoms with van der Waals surface area (Å²) >= 11 is 0. The van der Waals surface area contributed by atoms with Crippen molar-refractivity contribution in [2.45, 2.75) is 39.7 Å². The van der Waals surface area contributed by atoms with Crippen LogP contribution in [0.25, 0.3) is 0 Å². The van der Waals surface area contributed by atoms with Crippen LogP contribution in [-0.4, -0.2) is 35.5 Å². The monoisotopic (exact) mass is 239 g/mol. The van der Waals surface area contributed by atoms with Gasteiger partial charge in [-0.25, -0.2) is 4.79 Å². The van der Waals surface area contributed by atoms with Gasteiger partial charge in [0.2, 0.25) is 0 Å². The third-order valence-electron chi connectivity index (χ3n) is 2.63. The maximum atomic E-state index is 11.8. The van der Waals surface area contributed by atoms with Crippen molar-refractivity contribution in [1.82, 2.24) is 4.90 Å². The zero-order chi connectivity index (χ0) is 13.2. The molecule has 96 valence electrons. The predicted octanol–water partition coefficient (Wildman–Crippen LogP) is 2.39. The van der Waals surface area contributed by atoms with Crippen LogP contribution < -0.4 is 0 Å². The zero-order valence-electron chi connectivity index (χ0n) is 11.1. The maximum Gasteiger partial charge on any atom is 0.410 e. The fraction of sp³-hybridized carbons (Fsp3) is 0.692. The van der Waals surface area contributed by atoms with E-state index in [4.69, 9.17) is 4.74 Å². The van der Waals surface area contributed by atoms with E-state index in [0.29, 0.717) is 25.1 Å². The first-order valence-corrected chi connectivity index (χ1v) is 5.88. The molecule has 0 aromatic carbocycles. The van der Waals surface area contributed by atoms with Gasteiger partial charge in [-0.2, -0.15) is 0 Å². The lowest BCUT2D eigenvalue weighted by atomic mass is 9.99. The van der Waals surface area contributed by atoms with Crippen molar-refractivity contribution in [3.05, 3.63) is 12.2 Å². The molecule has 4 heteroatoms. The quantitative estimate of drug-likeness (QED) is 0.695. The number of hydrogen-bond acceptors (Lipinski definition) is 3. The van der Waals surface area contributed by atoms with Gasteiger partial charge in [0.1, 0.15) is 5.60 Å². The third-order valence-corrected chi connectivity index (χ3v) is 2.63. The number of ketones is 1. The number of carbonyl (C=O) groups is 2. The van der Waals surface area contributed by atoms with Crippen LogP contribution in [0.2, 0.25) is 0 Å². The number of ether oxygens (including phenoxy) is 1. The van der Waals surface area contributed by atoms with E-state index in [2.05, 4.69) is 6.58 Å². The average molecular weight is 239 g/mol. The smallest absolute Gasteiger partial charge is 0.410 e. The molecule has 0 radical (unpaired) electrons. The minimum atomic E-state index is -0.493. The van der Waals surface area contributed by atoms with Gasteiger partial charge < -0.3 is 9.64 Å². The second-order valence-corrected chi connectivity index (χ2v) is 5.56. The predicted molar refractivity (Wildman–Crippen MR) is 65.7 cm³/mol. The fourth-order valence-corrected chi connectivity index (χ4v) is 1.82. The van der Waals surface area contributed by atoms with Crippen LogP contribution in [0.15, 0.2) is 12.2 Å². The molecule has 4 nitrogen and oxygen atoms in total. The molecule has 0 aromatic heterocycles. The molecule has 0 N–H and O–H groups in total. The molecule has 1 aliphatic heterocycles. The van der Waals surface area contributed by atoms with Crippen LogP contribution in [0.3, 0.4) is 0 Å². The summed E-state index contributed by atoms with van der Waals surface area (Å²) in [5.74, 6) is -0.0592. The van der Waals surface area contributed by atoms with Gasteiger partial charge in [0, 0.05) is 19.0 Å². The number of likely N-dealkylation sites (tertiary alicyclic amines) is 1. The summed E-state index contributed by atoms with van der Waals surface area (Å²) in [6, 6.07) is 0. The molecule has 1 atom stereocenters. The van der Waals surface area contributed by atoms with E-state index >= 15 is 0 Å². The summed E-state index contributed by atoms with van der Waals surface area (Å²) in [7, 11) is 0. The van der Waals surface area contributed by atoms with E-state index in [1.165, 1.54) is 0 Å². The lowest BCUT2D eigenvalue weighted by Gasteiger charge is -2.24. The van der Waals surface area contributed by atoms with E-state index in [9.17, 15) is 9.59 Å². The van der Waals surface area contributed by atoms with Crippen molar-refractivity contribution in [3.63, 3.8) is 0 Å². The average Bonchev–Trinajstić information content (AvgIpc) is 2.62. The van der Waals surface area contributed by atoms with Crippen molar-refractivity contribution in [1.29, 1.82) is 0 Å². The Hall–Kier alpha value is -1.32. The largest absolute Gasteiger partial charge is 0.444 e. The molecular formula is C13H21NO3. The molecule has 1 heterocycles. The molecule has 0 aromatic rings. The van der Waals surface area contributed by atoms with Crippen LogP contribution in [0.5, 0.6) is 0 Å². The molecule has 17 heavy (non-hydrogen) atoms. The van der Waals surface area contributed by atoms with Crippen LogP contribution in [0, 0.1) is 5.92 Å². The van der Waals surface area contributed by atoms with Gasteiger partial charge in [-0.15, -0.1) is 0 Å². The molecule has 1 saturated heterocycles. The van der Waals surface area contributed by atoms with Crippen molar-refractivity contribution in [2.75, 3.05) is 13.1 Å². The number of amides is 1. The van der Waals surface area contributed by atoms with Gasteiger partial charge in [-0.05, 0) is 39.7 Å². The van der Waals surface area contributed by atoms with E-state index in [-0.39, 0.29) is 17.8 Å². The summed E-state index contributed by atoms with van der Waals surface area (Å²) in [6.45, 7) is 11.9. The minimum absolute atomic E-state index is 0.0519. The summed E-state index contributed by atoms with van der Waals surface area (Å²) < 4.78 is 5.26. The highest BCUT2D eigenvalue weighted by atomic mass is 16.6. The van der Waals surface area contributed by atoms with Gasteiger partial charge in [0.25, 0.3) is 0 Å². The third kappa shape index (κ3) is 3.88. The second kappa shape index (κ2) is 4.90. The molecule has 0 bridgehead atoms. The number of nitrogens with zero attached hydrogens (tertiary/aromatic N) is 1. The molecule has 0 spiro atoms. The van der Waals surface area contributed by atoms with Gasteiger partial charge >= 0.3 is 6.09 Å². The number of carbonyl (C=O) groups excluding carboxylic acids is 2. The Morgan fingerprint density at radius 1 is 1.35 bits per heavy atom. The zero-order valence-corrected chi connectivity index (χ0v) is 11.1. The van der Waals surface area contributed by atoms with Gasteiger partial charge in [-0.3, -0.25) is 4.79 Å². The first kappa shape index (κ1) is 13.7. The minimum Gasteiger partial charge on any atom is -0.444 e. The number of allylic oxidation sites excluding steroid dienone is 1. The Labute approximate surface area is 103 Å². The Kier molecular flexibility index (Phi) is 3.96. The maximum absolute atomic E-state index is 11.8. The summed E-state index contributed by atoms with van der Waals surface area (Å²) in [5, 5.41) is 0. The Morgan fingerprint density at radius 2 is 1.94 bits per heavy atom. The topological polar surface area (TPSA) is 46.6 Å². The van der Waals surface area contributed by atoms with E-state index < -0.39 is 5.60 Å². The summed E-state index contributed by atoms with van der Waals surface area (Å²) in [6.07, 6.45) is 0.361. The SMILES string of the molecule is C=C(C)C(=O)[C@@H]1CCN(C(=O)OC(C)(C)C)C1. The van der Waals surface area contributed by atoms with Gasteiger partial charge in [0.15, 0.2) is 5.78 Å². The standard InChI is InChI=1S/C13H21NO3/c1-9(2)11(15)10-6-7-14(8-10)12(16)17-13(3,4)5/h10H,1,6-8H2,2-5H3/t10-/m1/s1. The molecule has 1 fully saturated rings. The van der Waals surface area contributed by atoms with Crippen LogP contribution in [0.1, 0.15) is 34.1 Å². The van der Waals surface area contributed by atoms with E-state index in [1.807, 2.05) is 20.8 Å². The molecule has 1 aliphatic rings. The molecule has 1 rings (SSSR count). The number of Topliss-reactive ketones (excluding diaryl/α,β-unsaturated/α-hetero) is 1. The first-order valence-electron chi connectivity index (χ1n) is 5.88. The van der Waals surface area contributed by atoms with Crippen molar-refractivity contribution < 1.29 is 14.3 Å². The summed E-state index contributed by atoms with van der Waals surface area (Å²) in [4.78, 5) is 25.1.